The Bertz CT molecular complexity index is 265. The molecule has 0 aliphatic carbocycles. The molecule has 1 aromatic heterocycles. The summed E-state index contributed by atoms with van der Waals surface area (Å²) in [6.07, 6.45) is 0. The topological polar surface area (TPSA) is 119 Å². The fourth-order valence-corrected chi connectivity index (χ4v) is 0.673. The molecule has 0 saturated carbocycles. The fraction of sp³-hybridized carbons (Fsp3) is 0.600. The molecule has 80 valence electrons. The number of aromatic nitrogens is 4. The van der Waals surface area contributed by atoms with Gasteiger partial charge in [-0.05, 0) is 5.21 Å². The first-order valence-electron chi connectivity index (χ1n) is 3.53. The molecule has 0 saturated heterocycles. The highest BCUT2D eigenvalue weighted by Crippen LogP contribution is 1.92. The standard InChI is InChI=1S/C5H10N6O2.ClH/c1-13-2-3(6)4(12)7-5-8-10-11-9-5;/h3H,2,6H2,1H3,(H2,7,8,9,10,11,12);1H. The van der Waals surface area contributed by atoms with E-state index in [0.29, 0.717) is 0 Å². The van der Waals surface area contributed by atoms with Gasteiger partial charge in [-0.25, -0.2) is 0 Å². The number of carbonyl (C=O) groups excluding carboxylic acids is 1. The fourth-order valence-electron chi connectivity index (χ4n) is 0.673. The minimum absolute atomic E-state index is 0. The molecular weight excluding hydrogens is 212 g/mol. The molecule has 1 rings (SSSR count). The summed E-state index contributed by atoms with van der Waals surface area (Å²) in [6.45, 7) is 0.143. The van der Waals surface area contributed by atoms with Gasteiger partial charge in [0.15, 0.2) is 0 Å². The van der Waals surface area contributed by atoms with Crippen LogP contribution in [0.15, 0.2) is 0 Å². The molecule has 1 unspecified atom stereocenters. The number of nitrogens with two attached hydrogens (primary N) is 1. The van der Waals surface area contributed by atoms with Gasteiger partial charge < -0.3 is 10.5 Å². The van der Waals surface area contributed by atoms with Crippen LogP contribution in [0.1, 0.15) is 0 Å². The zero-order valence-corrected chi connectivity index (χ0v) is 8.24. The summed E-state index contributed by atoms with van der Waals surface area (Å²) < 4.78 is 4.69. The van der Waals surface area contributed by atoms with Crippen molar-refractivity contribution in [3.63, 3.8) is 0 Å². The van der Waals surface area contributed by atoms with Gasteiger partial charge in [0.1, 0.15) is 6.04 Å². The number of hydrogen-bond donors (Lipinski definition) is 3. The number of rotatable bonds is 4. The second-order valence-electron chi connectivity index (χ2n) is 2.29. The molecule has 9 heteroatoms. The Morgan fingerprint density at radius 1 is 1.79 bits per heavy atom. The average Bonchev–Trinajstić information content (AvgIpc) is 2.57. The SMILES string of the molecule is COCC(N)C(=O)Nc1nn[nH]n1.Cl. The van der Waals surface area contributed by atoms with Gasteiger partial charge in [-0.3, -0.25) is 10.1 Å². The zero-order valence-electron chi connectivity index (χ0n) is 7.43. The van der Waals surface area contributed by atoms with Crippen LogP contribution in [-0.2, 0) is 9.53 Å². The number of H-pyrrole nitrogens is 1. The molecule has 14 heavy (non-hydrogen) atoms. The van der Waals surface area contributed by atoms with Crippen LogP contribution in [0.5, 0.6) is 0 Å². The highest BCUT2D eigenvalue weighted by atomic mass is 35.5. The summed E-state index contributed by atoms with van der Waals surface area (Å²) in [6, 6.07) is -0.733. The Labute approximate surface area is 86.0 Å². The van der Waals surface area contributed by atoms with Crippen LogP contribution in [0.3, 0.4) is 0 Å². The molecule has 0 aliphatic heterocycles. The van der Waals surface area contributed by atoms with Gasteiger partial charge in [-0.2, -0.15) is 5.21 Å². The molecule has 4 N–H and O–H groups in total. The first-order chi connectivity index (χ1) is 6.24. The van der Waals surface area contributed by atoms with Crippen molar-refractivity contribution in [2.45, 2.75) is 6.04 Å². The minimum Gasteiger partial charge on any atom is -0.383 e. The van der Waals surface area contributed by atoms with E-state index >= 15 is 0 Å². The number of halogens is 1. The van der Waals surface area contributed by atoms with Crippen molar-refractivity contribution in [1.29, 1.82) is 0 Å². The maximum absolute atomic E-state index is 11.2. The van der Waals surface area contributed by atoms with Crippen LogP contribution in [0.25, 0.3) is 0 Å². The summed E-state index contributed by atoms with van der Waals surface area (Å²) >= 11 is 0. The lowest BCUT2D eigenvalue weighted by Crippen LogP contribution is -2.39. The summed E-state index contributed by atoms with van der Waals surface area (Å²) in [7, 11) is 1.46. The van der Waals surface area contributed by atoms with Crippen molar-refractivity contribution in [3.8, 4) is 0 Å². The number of hydrogen-bond acceptors (Lipinski definition) is 6. The van der Waals surface area contributed by atoms with Crippen LogP contribution in [0.4, 0.5) is 5.95 Å². The lowest BCUT2D eigenvalue weighted by Gasteiger charge is -2.07. The van der Waals surface area contributed by atoms with Crippen LogP contribution in [0.2, 0.25) is 0 Å². The van der Waals surface area contributed by atoms with Crippen molar-refractivity contribution in [3.05, 3.63) is 0 Å². The van der Waals surface area contributed by atoms with Gasteiger partial charge in [-0.15, -0.1) is 17.5 Å². The number of carbonyl (C=O) groups is 1. The van der Waals surface area contributed by atoms with Crippen LogP contribution in [0, 0.1) is 0 Å². The normalized spacial score (nSPS) is 11.6. The highest BCUT2D eigenvalue weighted by molar-refractivity contribution is 5.93. The Morgan fingerprint density at radius 3 is 3.00 bits per heavy atom. The number of amides is 1. The number of nitrogens with one attached hydrogen (secondary N) is 2. The number of tetrazole rings is 1. The third-order valence-corrected chi connectivity index (χ3v) is 1.26. The monoisotopic (exact) mass is 222 g/mol. The average molecular weight is 223 g/mol. The lowest BCUT2D eigenvalue weighted by atomic mass is 10.3. The van der Waals surface area contributed by atoms with E-state index in [9.17, 15) is 4.79 Å². The largest absolute Gasteiger partial charge is 0.383 e. The van der Waals surface area contributed by atoms with E-state index < -0.39 is 11.9 Å². The van der Waals surface area contributed by atoms with E-state index in [-0.39, 0.29) is 25.0 Å². The number of anilines is 1. The zero-order chi connectivity index (χ0) is 9.68. The van der Waals surface area contributed by atoms with Gasteiger partial charge in [0.25, 0.3) is 5.95 Å². The van der Waals surface area contributed by atoms with Gasteiger partial charge in [-0.1, -0.05) is 5.10 Å². The third-order valence-electron chi connectivity index (χ3n) is 1.26. The summed E-state index contributed by atoms with van der Waals surface area (Å²) in [5, 5.41) is 14.8. The Morgan fingerprint density at radius 2 is 2.50 bits per heavy atom. The lowest BCUT2D eigenvalue weighted by molar-refractivity contribution is -0.118. The van der Waals surface area contributed by atoms with Crippen LogP contribution < -0.4 is 11.1 Å². The van der Waals surface area contributed by atoms with E-state index in [1.165, 1.54) is 7.11 Å². The maximum atomic E-state index is 11.2. The van der Waals surface area contributed by atoms with Gasteiger partial charge in [0, 0.05) is 7.11 Å². The van der Waals surface area contributed by atoms with E-state index in [1.54, 1.807) is 0 Å². The van der Waals surface area contributed by atoms with Crippen LogP contribution in [-0.4, -0.2) is 46.3 Å². The second-order valence-corrected chi connectivity index (χ2v) is 2.29. The summed E-state index contributed by atoms with van der Waals surface area (Å²) in [5.41, 5.74) is 5.42. The Kier molecular flexibility index (Phi) is 5.68. The Hall–Kier alpha value is -1.25. The molecule has 0 spiro atoms. The second kappa shape index (κ2) is 6.24. The number of aromatic amines is 1. The number of methoxy groups -OCH3 is 1. The van der Waals surface area contributed by atoms with Crippen molar-refractivity contribution < 1.29 is 9.53 Å². The smallest absolute Gasteiger partial charge is 0.269 e. The van der Waals surface area contributed by atoms with E-state index in [1.807, 2.05) is 0 Å². The first kappa shape index (κ1) is 12.8. The molecule has 1 amide bonds. The molecule has 0 radical (unpaired) electrons. The van der Waals surface area contributed by atoms with Crippen LogP contribution >= 0.6 is 12.4 Å². The highest BCUT2D eigenvalue weighted by Gasteiger charge is 2.14. The molecule has 1 aromatic rings. The molecule has 1 heterocycles. The molecule has 1 atom stereocenters. The van der Waals surface area contributed by atoms with Crippen molar-refractivity contribution in [2.24, 2.45) is 5.73 Å². The molecule has 8 nitrogen and oxygen atoms in total. The molecule has 0 aliphatic rings. The predicted octanol–water partition coefficient (Wildman–Crippen LogP) is -1.47. The summed E-state index contributed by atoms with van der Waals surface area (Å²) in [5.74, 6) is -0.320. The van der Waals surface area contributed by atoms with E-state index in [0.717, 1.165) is 0 Å². The quantitative estimate of drug-likeness (QED) is 0.573. The molecular formula is C5H11ClN6O2. The van der Waals surface area contributed by atoms with Crippen molar-refractivity contribution in [1.82, 2.24) is 20.6 Å². The van der Waals surface area contributed by atoms with E-state index in [4.69, 9.17) is 10.5 Å². The van der Waals surface area contributed by atoms with Gasteiger partial charge >= 0.3 is 0 Å². The van der Waals surface area contributed by atoms with Crippen molar-refractivity contribution >= 4 is 24.3 Å². The van der Waals surface area contributed by atoms with Gasteiger partial charge in [0.05, 0.1) is 6.61 Å². The molecule has 0 fully saturated rings. The maximum Gasteiger partial charge on any atom is 0.269 e. The molecule has 0 aromatic carbocycles. The van der Waals surface area contributed by atoms with Crippen molar-refractivity contribution in [2.75, 3.05) is 19.0 Å². The van der Waals surface area contributed by atoms with E-state index in [2.05, 4.69) is 25.9 Å². The predicted molar refractivity (Wildman–Crippen MR) is 49.9 cm³/mol. The Balaban J connectivity index is 0.00000169. The van der Waals surface area contributed by atoms with Gasteiger partial charge in [0.2, 0.25) is 5.91 Å². The number of nitrogens with zero attached hydrogens (tertiary/aromatic N) is 3. The minimum atomic E-state index is -0.733. The third kappa shape index (κ3) is 3.64. The molecule has 0 bridgehead atoms. The number of ether oxygens (including phenoxy) is 1. The summed E-state index contributed by atoms with van der Waals surface area (Å²) in [4.78, 5) is 11.2. The first-order valence-corrected chi connectivity index (χ1v) is 3.53.